The minimum Gasteiger partial charge on any atom is -0.339 e. The van der Waals surface area contributed by atoms with Crippen molar-refractivity contribution in [2.75, 3.05) is 0 Å². The van der Waals surface area contributed by atoms with Crippen LogP contribution < -0.4 is 0 Å². The maximum Gasteiger partial charge on any atom is 0.240 e. The second-order valence-electron chi connectivity index (χ2n) is 7.95. The van der Waals surface area contributed by atoms with Crippen LogP contribution in [0.5, 0.6) is 0 Å². The standard InChI is InChI=1S/C23H18FN5O2/c1-11-14-7-8-16-19(15-5-3-4-6-18(15)24)27-22(23-26-12(2)31-29-23)28-20(16)17(14)9-13(10-25)21(11)30/h3-6,9,11,14,17H,7-8H2,1-2H3. The van der Waals surface area contributed by atoms with E-state index in [1.54, 1.807) is 31.2 Å². The summed E-state index contributed by atoms with van der Waals surface area (Å²) in [5.41, 5.74) is 2.50. The summed E-state index contributed by atoms with van der Waals surface area (Å²) in [5, 5.41) is 13.4. The number of halogens is 1. The van der Waals surface area contributed by atoms with Gasteiger partial charge >= 0.3 is 0 Å². The van der Waals surface area contributed by atoms with Crippen molar-refractivity contribution in [2.24, 2.45) is 11.8 Å². The number of benzene rings is 1. The Morgan fingerprint density at radius 1 is 1.19 bits per heavy atom. The fourth-order valence-electron chi connectivity index (χ4n) is 4.64. The lowest BCUT2D eigenvalue weighted by atomic mass is 9.66. The summed E-state index contributed by atoms with van der Waals surface area (Å²) < 4.78 is 19.8. The van der Waals surface area contributed by atoms with Crippen LogP contribution in [0.4, 0.5) is 4.39 Å². The molecule has 8 heteroatoms. The van der Waals surface area contributed by atoms with Crippen LogP contribution in [-0.4, -0.2) is 25.9 Å². The molecule has 0 spiro atoms. The van der Waals surface area contributed by atoms with E-state index >= 15 is 0 Å². The molecule has 0 saturated carbocycles. The molecule has 0 bridgehead atoms. The van der Waals surface area contributed by atoms with Crippen LogP contribution in [0, 0.1) is 35.9 Å². The Hall–Kier alpha value is -3.73. The number of ketones is 1. The molecule has 3 unspecified atom stereocenters. The lowest BCUT2D eigenvalue weighted by Crippen LogP contribution is -2.35. The number of fused-ring (bicyclic) bond motifs is 3. The quantitative estimate of drug-likeness (QED) is 0.624. The number of allylic oxidation sites excluding steroid dienone is 2. The molecule has 154 valence electrons. The summed E-state index contributed by atoms with van der Waals surface area (Å²) in [5.74, 6) is -0.237. The third kappa shape index (κ3) is 3.05. The number of hydrogen-bond acceptors (Lipinski definition) is 7. The third-order valence-corrected chi connectivity index (χ3v) is 6.19. The molecule has 1 aromatic carbocycles. The number of aromatic nitrogens is 4. The highest BCUT2D eigenvalue weighted by Crippen LogP contribution is 2.47. The summed E-state index contributed by atoms with van der Waals surface area (Å²) >= 11 is 0. The topological polar surface area (TPSA) is 106 Å². The van der Waals surface area contributed by atoms with Crippen molar-refractivity contribution < 1.29 is 13.7 Å². The lowest BCUT2D eigenvalue weighted by molar-refractivity contribution is -0.120. The molecular formula is C23H18FN5O2. The number of nitrogens with zero attached hydrogens (tertiary/aromatic N) is 5. The summed E-state index contributed by atoms with van der Waals surface area (Å²) in [6.07, 6.45) is 3.04. The van der Waals surface area contributed by atoms with Crippen molar-refractivity contribution >= 4 is 5.78 Å². The number of carbonyl (C=O) groups excluding carboxylic acids is 1. The fraction of sp³-hybridized carbons (Fsp3) is 0.304. The molecule has 3 aromatic rings. The van der Waals surface area contributed by atoms with Gasteiger partial charge in [-0.25, -0.2) is 14.4 Å². The van der Waals surface area contributed by atoms with E-state index in [4.69, 9.17) is 9.51 Å². The minimum absolute atomic E-state index is 0.0142. The Morgan fingerprint density at radius 2 is 2.00 bits per heavy atom. The zero-order valence-electron chi connectivity index (χ0n) is 17.0. The van der Waals surface area contributed by atoms with Crippen LogP contribution in [0.25, 0.3) is 22.9 Å². The van der Waals surface area contributed by atoms with Crippen LogP contribution >= 0.6 is 0 Å². The second-order valence-corrected chi connectivity index (χ2v) is 7.95. The molecule has 0 radical (unpaired) electrons. The van der Waals surface area contributed by atoms with Crippen molar-refractivity contribution in [1.29, 1.82) is 5.26 Å². The molecule has 0 amide bonds. The largest absolute Gasteiger partial charge is 0.339 e. The maximum atomic E-state index is 14.7. The van der Waals surface area contributed by atoms with Gasteiger partial charge in [-0.3, -0.25) is 4.79 Å². The molecule has 0 fully saturated rings. The highest BCUT2D eigenvalue weighted by atomic mass is 19.1. The van der Waals surface area contributed by atoms with Gasteiger partial charge in [0.05, 0.1) is 17.0 Å². The van der Waals surface area contributed by atoms with Gasteiger partial charge in [-0.15, -0.1) is 0 Å². The smallest absolute Gasteiger partial charge is 0.240 e. The molecule has 0 aliphatic heterocycles. The molecule has 3 atom stereocenters. The van der Waals surface area contributed by atoms with Crippen LogP contribution in [-0.2, 0) is 11.2 Å². The zero-order valence-corrected chi connectivity index (χ0v) is 17.0. The maximum absolute atomic E-state index is 14.7. The summed E-state index contributed by atoms with van der Waals surface area (Å²) in [6.45, 7) is 3.52. The predicted molar refractivity (Wildman–Crippen MR) is 108 cm³/mol. The monoisotopic (exact) mass is 415 g/mol. The zero-order chi connectivity index (χ0) is 21.7. The molecule has 31 heavy (non-hydrogen) atoms. The van der Waals surface area contributed by atoms with Crippen molar-refractivity contribution in [3.63, 3.8) is 0 Å². The molecule has 0 N–H and O–H groups in total. The Bertz CT molecular complexity index is 1290. The first-order chi connectivity index (χ1) is 15.0. The molecular weight excluding hydrogens is 397 g/mol. The van der Waals surface area contributed by atoms with Gasteiger partial charge in [0.1, 0.15) is 11.9 Å². The number of carbonyl (C=O) groups is 1. The average Bonchev–Trinajstić information content (AvgIpc) is 3.22. The number of Topliss-reactive ketones (excluding diaryl/α,β-unsaturated/α-hetero) is 1. The van der Waals surface area contributed by atoms with Crippen molar-refractivity contribution in [3.8, 4) is 29.0 Å². The van der Waals surface area contributed by atoms with Gasteiger partial charge in [0.25, 0.3) is 0 Å². The van der Waals surface area contributed by atoms with Gasteiger partial charge in [-0.2, -0.15) is 10.2 Å². The number of hydrogen-bond donors (Lipinski definition) is 0. The van der Waals surface area contributed by atoms with E-state index in [1.165, 1.54) is 6.07 Å². The molecule has 2 aliphatic carbocycles. The summed E-state index contributed by atoms with van der Waals surface area (Å²) in [7, 11) is 0. The van der Waals surface area contributed by atoms with Crippen molar-refractivity contribution in [1.82, 2.24) is 20.1 Å². The Labute approximate surface area is 177 Å². The first kappa shape index (κ1) is 19.2. The van der Waals surface area contributed by atoms with Crippen molar-refractivity contribution in [3.05, 3.63) is 58.9 Å². The van der Waals surface area contributed by atoms with Crippen LogP contribution in [0.3, 0.4) is 0 Å². The Morgan fingerprint density at radius 3 is 2.71 bits per heavy atom. The number of rotatable bonds is 2. The fourth-order valence-corrected chi connectivity index (χ4v) is 4.64. The average molecular weight is 415 g/mol. The summed E-state index contributed by atoms with van der Waals surface area (Å²) in [6, 6.07) is 8.48. The normalized spacial score (nSPS) is 22.3. The van der Waals surface area contributed by atoms with Crippen molar-refractivity contribution in [2.45, 2.75) is 32.6 Å². The van der Waals surface area contributed by atoms with E-state index in [2.05, 4.69) is 15.1 Å². The molecule has 5 rings (SSSR count). The molecule has 2 aromatic heterocycles. The third-order valence-electron chi connectivity index (χ3n) is 6.19. The molecule has 0 saturated heterocycles. The highest BCUT2D eigenvalue weighted by Gasteiger charge is 2.42. The first-order valence-corrected chi connectivity index (χ1v) is 10.1. The van der Waals surface area contributed by atoms with Gasteiger partial charge in [0.2, 0.25) is 17.5 Å². The van der Waals surface area contributed by atoms with E-state index in [0.29, 0.717) is 29.3 Å². The molecule has 2 heterocycles. The molecule has 2 aliphatic rings. The lowest BCUT2D eigenvalue weighted by Gasteiger charge is -2.37. The number of nitriles is 1. The Kier molecular flexibility index (Phi) is 4.47. The minimum atomic E-state index is -0.388. The summed E-state index contributed by atoms with van der Waals surface area (Å²) in [4.78, 5) is 26.1. The first-order valence-electron chi connectivity index (χ1n) is 10.1. The molecule has 7 nitrogen and oxygen atoms in total. The van der Waals surface area contributed by atoms with Crippen LogP contribution in [0.1, 0.15) is 36.4 Å². The van der Waals surface area contributed by atoms with E-state index in [1.807, 2.05) is 13.0 Å². The van der Waals surface area contributed by atoms with Crippen LogP contribution in [0.2, 0.25) is 0 Å². The van der Waals surface area contributed by atoms with E-state index in [0.717, 1.165) is 12.0 Å². The van der Waals surface area contributed by atoms with E-state index in [-0.39, 0.29) is 46.6 Å². The van der Waals surface area contributed by atoms with Gasteiger partial charge in [-0.1, -0.05) is 30.3 Å². The van der Waals surface area contributed by atoms with Gasteiger partial charge in [0, 0.05) is 29.9 Å². The van der Waals surface area contributed by atoms with Crippen LogP contribution in [0.15, 0.2) is 40.4 Å². The highest BCUT2D eigenvalue weighted by molar-refractivity contribution is 6.01. The van der Waals surface area contributed by atoms with Gasteiger partial charge < -0.3 is 4.52 Å². The van der Waals surface area contributed by atoms with E-state index in [9.17, 15) is 14.4 Å². The number of aryl methyl sites for hydroxylation is 1. The van der Waals surface area contributed by atoms with Gasteiger partial charge in [0.15, 0.2) is 5.78 Å². The Balaban J connectivity index is 1.78. The predicted octanol–water partition coefficient (Wildman–Crippen LogP) is 3.96. The second kappa shape index (κ2) is 7.20. The van der Waals surface area contributed by atoms with Gasteiger partial charge in [-0.05, 0) is 30.9 Å². The SMILES string of the molecule is Cc1nc(-c2nc(-c3ccccc3F)c3c(n2)C2C=C(C#N)C(=O)C(C)C2CC3)no1. The van der Waals surface area contributed by atoms with E-state index < -0.39 is 0 Å².